The van der Waals surface area contributed by atoms with Crippen LogP contribution >= 0.6 is 11.6 Å². The van der Waals surface area contributed by atoms with E-state index in [0.717, 1.165) is 5.56 Å². The Labute approximate surface area is 119 Å². The topological polar surface area (TPSA) is 69.4 Å². The van der Waals surface area contributed by atoms with Crippen molar-refractivity contribution in [1.82, 2.24) is 0 Å². The summed E-state index contributed by atoms with van der Waals surface area (Å²) in [6, 6.07) is 9.18. The van der Waals surface area contributed by atoms with Crippen molar-refractivity contribution >= 4 is 23.6 Å². The van der Waals surface area contributed by atoms with Gasteiger partial charge >= 0.3 is 5.69 Å². The van der Waals surface area contributed by atoms with Gasteiger partial charge in [-0.2, -0.15) is 0 Å². The van der Waals surface area contributed by atoms with E-state index in [2.05, 4.69) is 0 Å². The number of rotatable bonds is 4. The van der Waals surface area contributed by atoms with Crippen molar-refractivity contribution in [3.8, 4) is 11.5 Å². The van der Waals surface area contributed by atoms with E-state index >= 15 is 0 Å². The van der Waals surface area contributed by atoms with E-state index in [1.54, 1.807) is 25.1 Å². The summed E-state index contributed by atoms with van der Waals surface area (Å²) in [5.41, 5.74) is 0.790. The molecule has 6 heteroatoms. The van der Waals surface area contributed by atoms with E-state index in [1.165, 1.54) is 18.2 Å². The van der Waals surface area contributed by atoms with Crippen LogP contribution in [0.5, 0.6) is 11.5 Å². The maximum atomic E-state index is 11.0. The average Bonchev–Trinajstić information content (AvgIpc) is 2.38. The Balaban J connectivity index is 2.50. The number of aldehydes is 1. The first-order valence-corrected chi connectivity index (χ1v) is 6.07. The van der Waals surface area contributed by atoms with E-state index < -0.39 is 4.92 Å². The van der Waals surface area contributed by atoms with E-state index in [9.17, 15) is 14.9 Å². The second kappa shape index (κ2) is 5.71. The first kappa shape index (κ1) is 14.0. The van der Waals surface area contributed by atoms with Gasteiger partial charge in [0.2, 0.25) is 5.75 Å². The number of carbonyl (C=O) groups is 1. The van der Waals surface area contributed by atoms with Crippen molar-refractivity contribution in [2.45, 2.75) is 6.92 Å². The molecule has 2 rings (SSSR count). The predicted molar refractivity (Wildman–Crippen MR) is 74.7 cm³/mol. The minimum absolute atomic E-state index is 0.0698. The van der Waals surface area contributed by atoms with Crippen molar-refractivity contribution in [2.75, 3.05) is 0 Å². The van der Waals surface area contributed by atoms with Crippen LogP contribution in [0, 0.1) is 17.0 Å². The Bertz CT molecular complexity index is 685. The number of hydrogen-bond acceptors (Lipinski definition) is 4. The van der Waals surface area contributed by atoms with Crippen LogP contribution in [-0.2, 0) is 0 Å². The molecule has 0 aliphatic heterocycles. The molecule has 20 heavy (non-hydrogen) atoms. The number of benzene rings is 2. The van der Waals surface area contributed by atoms with Crippen LogP contribution in [0.25, 0.3) is 0 Å². The van der Waals surface area contributed by atoms with Crippen molar-refractivity contribution in [2.24, 2.45) is 0 Å². The highest BCUT2D eigenvalue weighted by Gasteiger charge is 2.17. The number of aryl methyl sites for hydroxylation is 1. The van der Waals surface area contributed by atoms with Crippen LogP contribution in [0.15, 0.2) is 36.4 Å². The van der Waals surface area contributed by atoms with Gasteiger partial charge in [0.25, 0.3) is 0 Å². The first-order chi connectivity index (χ1) is 9.52. The molecule has 0 unspecified atom stereocenters. The van der Waals surface area contributed by atoms with Gasteiger partial charge in [0.05, 0.1) is 15.5 Å². The minimum Gasteiger partial charge on any atom is -0.449 e. The van der Waals surface area contributed by atoms with Crippen molar-refractivity contribution in [3.63, 3.8) is 0 Å². The molecule has 0 saturated carbocycles. The molecule has 0 heterocycles. The summed E-state index contributed by atoms with van der Waals surface area (Å²) in [6.45, 7) is 1.79. The molecule has 0 saturated heterocycles. The number of ether oxygens (including phenoxy) is 1. The molecule has 2 aromatic carbocycles. The molecule has 0 aliphatic rings. The highest BCUT2D eigenvalue weighted by atomic mass is 35.5. The third-order valence-electron chi connectivity index (χ3n) is 2.66. The summed E-state index contributed by atoms with van der Waals surface area (Å²) in [5.74, 6) is 0.251. The fourth-order valence-electron chi connectivity index (χ4n) is 1.69. The van der Waals surface area contributed by atoms with Crippen LogP contribution < -0.4 is 4.74 Å². The predicted octanol–water partition coefficient (Wildman–Crippen LogP) is 4.16. The summed E-state index contributed by atoms with van der Waals surface area (Å²) in [6.07, 6.45) is 0.555. The zero-order chi connectivity index (χ0) is 14.7. The van der Waals surface area contributed by atoms with E-state index in [-0.39, 0.29) is 27.8 Å². The summed E-state index contributed by atoms with van der Waals surface area (Å²) in [7, 11) is 0. The number of hydrogen-bond donors (Lipinski definition) is 0. The summed E-state index contributed by atoms with van der Waals surface area (Å²) in [5, 5.41) is 11.2. The molecule has 102 valence electrons. The van der Waals surface area contributed by atoms with E-state index in [4.69, 9.17) is 16.3 Å². The highest BCUT2D eigenvalue weighted by Crippen LogP contribution is 2.35. The van der Waals surface area contributed by atoms with Crippen molar-refractivity contribution in [1.29, 1.82) is 0 Å². The zero-order valence-corrected chi connectivity index (χ0v) is 11.3. The van der Waals surface area contributed by atoms with E-state index in [0.29, 0.717) is 6.29 Å². The lowest BCUT2D eigenvalue weighted by Gasteiger charge is -2.09. The Morgan fingerprint density at radius 1 is 1.25 bits per heavy atom. The van der Waals surface area contributed by atoms with Gasteiger partial charge in [0.1, 0.15) is 5.75 Å². The Hall–Kier alpha value is -2.40. The summed E-state index contributed by atoms with van der Waals surface area (Å²) < 4.78 is 5.50. The number of carbonyl (C=O) groups excluding carboxylic acids is 1. The second-order valence-corrected chi connectivity index (χ2v) is 4.51. The Morgan fingerprint density at radius 2 is 2.00 bits per heavy atom. The standard InChI is InChI=1S/C14H10ClNO4/c1-9-5-6-12(16(18)19)14(7-9)20-13-4-2-3-11(15)10(13)8-17/h2-8H,1H3. The fourth-order valence-corrected chi connectivity index (χ4v) is 1.90. The smallest absolute Gasteiger partial charge is 0.311 e. The molecule has 0 N–H and O–H groups in total. The molecule has 0 atom stereocenters. The number of nitro benzene ring substituents is 1. The summed E-state index contributed by atoms with van der Waals surface area (Å²) in [4.78, 5) is 21.5. The lowest BCUT2D eigenvalue weighted by atomic mass is 10.2. The SMILES string of the molecule is Cc1ccc([N+](=O)[O-])c(Oc2cccc(Cl)c2C=O)c1. The molecule has 0 amide bonds. The molecule has 0 aliphatic carbocycles. The maximum Gasteiger partial charge on any atom is 0.311 e. The Morgan fingerprint density at radius 3 is 2.65 bits per heavy atom. The second-order valence-electron chi connectivity index (χ2n) is 4.10. The molecular formula is C14H10ClNO4. The van der Waals surface area contributed by atoms with Crippen LogP contribution in [0.2, 0.25) is 5.02 Å². The molecule has 5 nitrogen and oxygen atoms in total. The Kier molecular flexibility index (Phi) is 4.00. The van der Waals surface area contributed by atoms with Gasteiger partial charge in [-0.1, -0.05) is 23.7 Å². The molecular weight excluding hydrogens is 282 g/mol. The number of nitro groups is 1. The largest absolute Gasteiger partial charge is 0.449 e. The maximum absolute atomic E-state index is 11.0. The zero-order valence-electron chi connectivity index (χ0n) is 10.5. The molecule has 0 fully saturated rings. The molecule has 0 radical (unpaired) electrons. The molecule has 0 spiro atoms. The lowest BCUT2D eigenvalue weighted by Crippen LogP contribution is -1.96. The third-order valence-corrected chi connectivity index (χ3v) is 2.99. The quantitative estimate of drug-likeness (QED) is 0.482. The monoisotopic (exact) mass is 291 g/mol. The third kappa shape index (κ3) is 2.78. The van der Waals surface area contributed by atoms with Crippen LogP contribution in [0.4, 0.5) is 5.69 Å². The first-order valence-electron chi connectivity index (χ1n) is 5.69. The van der Waals surface area contributed by atoms with Crippen molar-refractivity contribution in [3.05, 3.63) is 62.7 Å². The van der Waals surface area contributed by atoms with E-state index in [1.807, 2.05) is 0 Å². The normalized spacial score (nSPS) is 10.1. The average molecular weight is 292 g/mol. The van der Waals surface area contributed by atoms with Gasteiger partial charge < -0.3 is 4.74 Å². The molecule has 0 bridgehead atoms. The fraction of sp³-hybridized carbons (Fsp3) is 0.0714. The van der Waals surface area contributed by atoms with Crippen LogP contribution in [-0.4, -0.2) is 11.2 Å². The van der Waals surface area contributed by atoms with Crippen LogP contribution in [0.1, 0.15) is 15.9 Å². The van der Waals surface area contributed by atoms with Gasteiger partial charge in [0.15, 0.2) is 6.29 Å². The highest BCUT2D eigenvalue weighted by molar-refractivity contribution is 6.33. The van der Waals surface area contributed by atoms with Gasteiger partial charge in [0, 0.05) is 6.07 Å². The number of nitrogens with zero attached hydrogens (tertiary/aromatic N) is 1. The van der Waals surface area contributed by atoms with Gasteiger partial charge in [-0.05, 0) is 30.7 Å². The van der Waals surface area contributed by atoms with Gasteiger partial charge in [-0.25, -0.2) is 0 Å². The number of halogens is 1. The summed E-state index contributed by atoms with van der Waals surface area (Å²) >= 11 is 5.88. The van der Waals surface area contributed by atoms with Gasteiger partial charge in [-0.3, -0.25) is 14.9 Å². The van der Waals surface area contributed by atoms with Crippen LogP contribution in [0.3, 0.4) is 0 Å². The van der Waals surface area contributed by atoms with Crippen molar-refractivity contribution < 1.29 is 14.5 Å². The lowest BCUT2D eigenvalue weighted by molar-refractivity contribution is -0.385. The molecule has 2 aromatic rings. The minimum atomic E-state index is -0.542. The van der Waals surface area contributed by atoms with Gasteiger partial charge in [-0.15, -0.1) is 0 Å². The molecule has 0 aromatic heterocycles.